The fourth-order valence-corrected chi connectivity index (χ4v) is 4.79. The number of hydrogen-bond acceptors (Lipinski definition) is 6. The Hall–Kier alpha value is -3.14. The first kappa shape index (κ1) is 22.1. The van der Waals surface area contributed by atoms with E-state index in [-0.39, 0.29) is 22.0 Å². The molecule has 2 N–H and O–H groups in total. The fraction of sp³-hybridized carbons (Fsp3) is 0.136. The first-order valence-electron chi connectivity index (χ1n) is 9.55. The highest BCUT2D eigenvalue weighted by Crippen LogP contribution is 2.22. The third-order valence-corrected chi connectivity index (χ3v) is 6.56. The predicted octanol–water partition coefficient (Wildman–Crippen LogP) is 4.60. The van der Waals surface area contributed by atoms with Gasteiger partial charge in [-0.25, -0.2) is 9.55 Å². The second kappa shape index (κ2) is 8.78. The molecule has 2 aromatic heterocycles. The summed E-state index contributed by atoms with van der Waals surface area (Å²) >= 11 is 12.5. The summed E-state index contributed by atoms with van der Waals surface area (Å²) in [6, 6.07) is 11.9. The lowest BCUT2D eigenvalue weighted by molar-refractivity contribution is 0.0950. The SMILES string of the molecule is CC(=O)c1sc(-n2c(=S)[nH]c3cc(C(=O)NCc4cccc(Cl)c4)ccc3c2=O)nc1C. The third-order valence-electron chi connectivity index (χ3n) is 4.80. The number of nitrogens with one attached hydrogen (secondary N) is 2. The Bertz CT molecular complexity index is 1500. The van der Waals surface area contributed by atoms with Crippen LogP contribution < -0.4 is 10.9 Å². The summed E-state index contributed by atoms with van der Waals surface area (Å²) in [5, 5.41) is 4.10. The third kappa shape index (κ3) is 4.27. The van der Waals surface area contributed by atoms with Crippen molar-refractivity contribution in [3.8, 4) is 5.13 Å². The lowest BCUT2D eigenvalue weighted by Gasteiger charge is -2.08. The number of aryl methyl sites for hydroxylation is 1. The average molecular weight is 485 g/mol. The number of thiazole rings is 1. The van der Waals surface area contributed by atoms with Crippen LogP contribution >= 0.6 is 35.2 Å². The van der Waals surface area contributed by atoms with Gasteiger partial charge in [-0.15, -0.1) is 0 Å². The van der Waals surface area contributed by atoms with Gasteiger partial charge in [0.1, 0.15) is 0 Å². The smallest absolute Gasteiger partial charge is 0.268 e. The van der Waals surface area contributed by atoms with Crippen LogP contribution in [0.1, 0.15) is 38.2 Å². The average Bonchev–Trinajstić information content (AvgIpc) is 3.13. The van der Waals surface area contributed by atoms with Crippen molar-refractivity contribution in [2.24, 2.45) is 0 Å². The Balaban J connectivity index is 1.67. The number of carbonyl (C=O) groups excluding carboxylic acids is 2. The van der Waals surface area contributed by atoms with E-state index in [1.54, 1.807) is 37.3 Å². The lowest BCUT2D eigenvalue weighted by atomic mass is 10.1. The van der Waals surface area contributed by atoms with Gasteiger partial charge in [-0.1, -0.05) is 35.1 Å². The van der Waals surface area contributed by atoms with Crippen LogP contribution in [0.15, 0.2) is 47.3 Å². The molecule has 0 saturated carbocycles. The predicted molar refractivity (Wildman–Crippen MR) is 128 cm³/mol. The molecule has 162 valence electrons. The van der Waals surface area contributed by atoms with Crippen LogP contribution in [0.3, 0.4) is 0 Å². The molecular weight excluding hydrogens is 468 g/mol. The summed E-state index contributed by atoms with van der Waals surface area (Å²) in [5.41, 5.74) is 1.86. The van der Waals surface area contributed by atoms with Gasteiger partial charge in [0, 0.05) is 24.1 Å². The van der Waals surface area contributed by atoms with E-state index < -0.39 is 0 Å². The Labute approximate surface area is 196 Å². The lowest BCUT2D eigenvalue weighted by Crippen LogP contribution is -2.24. The number of ketones is 1. The van der Waals surface area contributed by atoms with E-state index in [0.717, 1.165) is 16.9 Å². The highest BCUT2D eigenvalue weighted by Gasteiger charge is 2.17. The van der Waals surface area contributed by atoms with Crippen molar-refractivity contribution in [1.29, 1.82) is 0 Å². The topological polar surface area (TPSA) is 96.9 Å². The zero-order chi connectivity index (χ0) is 23.0. The van der Waals surface area contributed by atoms with E-state index >= 15 is 0 Å². The number of amides is 1. The molecule has 32 heavy (non-hydrogen) atoms. The maximum Gasteiger partial charge on any atom is 0.268 e. The van der Waals surface area contributed by atoms with Crippen LogP contribution in [0, 0.1) is 11.7 Å². The largest absolute Gasteiger partial charge is 0.348 e. The van der Waals surface area contributed by atoms with Crippen LogP contribution in [0.4, 0.5) is 0 Å². The number of halogens is 1. The Morgan fingerprint density at radius 3 is 2.72 bits per heavy atom. The minimum atomic E-state index is -0.376. The van der Waals surface area contributed by atoms with Gasteiger partial charge in [0.15, 0.2) is 15.7 Å². The molecule has 0 atom stereocenters. The van der Waals surface area contributed by atoms with Crippen molar-refractivity contribution in [2.75, 3.05) is 0 Å². The normalized spacial score (nSPS) is 11.0. The molecule has 1 amide bonds. The second-order valence-corrected chi connectivity index (χ2v) is 8.91. The van der Waals surface area contributed by atoms with Crippen LogP contribution in [0.5, 0.6) is 0 Å². The highest BCUT2D eigenvalue weighted by atomic mass is 35.5. The molecule has 4 rings (SSSR count). The van der Waals surface area contributed by atoms with Gasteiger partial charge in [0.05, 0.1) is 21.5 Å². The quantitative estimate of drug-likeness (QED) is 0.319. The van der Waals surface area contributed by atoms with Gasteiger partial charge < -0.3 is 10.3 Å². The molecule has 4 aromatic rings. The molecule has 0 fully saturated rings. The van der Waals surface area contributed by atoms with Crippen LogP contribution in [-0.2, 0) is 6.54 Å². The Morgan fingerprint density at radius 2 is 2.03 bits per heavy atom. The summed E-state index contributed by atoms with van der Waals surface area (Å²) in [7, 11) is 0. The summed E-state index contributed by atoms with van der Waals surface area (Å²) in [4.78, 5) is 45.3. The van der Waals surface area contributed by atoms with Crippen molar-refractivity contribution < 1.29 is 9.59 Å². The standard InChI is InChI=1S/C22H17ClN4O3S2/c1-11-18(12(2)28)32-22(25-11)27-20(30)16-7-6-14(9-17(16)26-21(27)31)19(29)24-10-13-4-3-5-15(23)8-13/h3-9H,10H2,1-2H3,(H,24,29)(H,26,31). The van der Waals surface area contributed by atoms with Crippen LogP contribution in [-0.4, -0.2) is 26.2 Å². The van der Waals surface area contributed by atoms with Crippen molar-refractivity contribution in [2.45, 2.75) is 20.4 Å². The monoisotopic (exact) mass is 484 g/mol. The number of aromatic nitrogens is 3. The van der Waals surface area contributed by atoms with Crippen molar-refractivity contribution in [1.82, 2.24) is 19.9 Å². The van der Waals surface area contributed by atoms with Crippen molar-refractivity contribution in [3.63, 3.8) is 0 Å². The molecule has 10 heteroatoms. The molecule has 0 aliphatic heterocycles. The maximum atomic E-state index is 13.1. The number of carbonyl (C=O) groups is 2. The van der Waals surface area contributed by atoms with E-state index in [1.807, 2.05) is 12.1 Å². The van der Waals surface area contributed by atoms with E-state index in [2.05, 4.69) is 15.3 Å². The summed E-state index contributed by atoms with van der Waals surface area (Å²) < 4.78 is 1.39. The number of hydrogen-bond donors (Lipinski definition) is 2. The number of rotatable bonds is 5. The summed E-state index contributed by atoms with van der Waals surface area (Å²) in [6.07, 6.45) is 0. The molecular formula is C22H17ClN4O3S2. The number of H-pyrrole nitrogens is 1. The zero-order valence-electron chi connectivity index (χ0n) is 17.1. The van der Waals surface area contributed by atoms with Crippen molar-refractivity contribution in [3.05, 3.63) is 84.3 Å². The van der Waals surface area contributed by atoms with Gasteiger partial charge in [0.25, 0.3) is 11.5 Å². The Kier molecular flexibility index (Phi) is 6.05. The van der Waals surface area contributed by atoms with E-state index in [1.165, 1.54) is 11.5 Å². The minimum absolute atomic E-state index is 0.122. The Morgan fingerprint density at radius 1 is 1.25 bits per heavy atom. The molecule has 0 bridgehead atoms. The fourth-order valence-electron chi connectivity index (χ4n) is 3.27. The van der Waals surface area contributed by atoms with Gasteiger partial charge >= 0.3 is 0 Å². The maximum absolute atomic E-state index is 13.1. The van der Waals surface area contributed by atoms with E-state index in [0.29, 0.717) is 43.7 Å². The molecule has 0 unspecified atom stereocenters. The first-order valence-corrected chi connectivity index (χ1v) is 11.2. The molecule has 0 aliphatic carbocycles. The number of nitrogens with zero attached hydrogens (tertiary/aromatic N) is 2. The zero-order valence-corrected chi connectivity index (χ0v) is 19.5. The molecule has 7 nitrogen and oxygen atoms in total. The highest BCUT2D eigenvalue weighted by molar-refractivity contribution is 7.71. The molecule has 2 heterocycles. The first-order chi connectivity index (χ1) is 15.2. The number of aromatic amines is 1. The van der Waals surface area contributed by atoms with Gasteiger partial charge in [-0.2, -0.15) is 0 Å². The van der Waals surface area contributed by atoms with Gasteiger partial charge in [0.2, 0.25) is 0 Å². The van der Waals surface area contributed by atoms with Crippen LogP contribution in [0.2, 0.25) is 5.02 Å². The van der Waals surface area contributed by atoms with Crippen molar-refractivity contribution >= 4 is 57.7 Å². The molecule has 0 saturated heterocycles. The number of Topliss-reactive ketones (excluding diaryl/α,β-unsaturated/α-hetero) is 1. The summed E-state index contributed by atoms with van der Waals surface area (Å²) in [6.45, 7) is 3.48. The van der Waals surface area contributed by atoms with E-state index in [9.17, 15) is 14.4 Å². The second-order valence-electron chi connectivity index (χ2n) is 7.11. The minimum Gasteiger partial charge on any atom is -0.348 e. The molecule has 0 radical (unpaired) electrons. The summed E-state index contributed by atoms with van der Waals surface area (Å²) in [5.74, 6) is -0.416. The van der Waals surface area contributed by atoms with E-state index in [4.69, 9.17) is 23.8 Å². The molecule has 2 aromatic carbocycles. The van der Waals surface area contributed by atoms with Gasteiger partial charge in [-0.05, 0) is 55.0 Å². The van der Waals surface area contributed by atoms with Gasteiger partial charge in [-0.3, -0.25) is 14.4 Å². The number of fused-ring (bicyclic) bond motifs is 1. The molecule has 0 aliphatic rings. The van der Waals surface area contributed by atoms with Crippen LogP contribution in [0.25, 0.3) is 16.0 Å². The molecule has 0 spiro atoms. The number of benzene rings is 2.